The average molecular weight is 293 g/mol. The summed E-state index contributed by atoms with van der Waals surface area (Å²) in [6.45, 7) is 0.779. The van der Waals surface area contributed by atoms with E-state index in [1.165, 1.54) is 18.5 Å². The molecule has 0 aromatic carbocycles. The number of imidazole rings is 1. The number of hydrogen-bond acceptors (Lipinski definition) is 3. The highest BCUT2D eigenvalue weighted by Gasteiger charge is 2.24. The van der Waals surface area contributed by atoms with Crippen LogP contribution in [-0.2, 0) is 6.54 Å². The molecule has 0 unspecified atom stereocenters. The molecule has 3 rings (SSSR count). The summed E-state index contributed by atoms with van der Waals surface area (Å²) in [5.74, 6) is 0. The largest absolute Gasteiger partial charge is 0.377 e. The molecule has 1 aliphatic rings. The number of anilines is 1. The Morgan fingerprint density at radius 2 is 2.35 bits per heavy atom. The number of pyridine rings is 1. The molecule has 2 heterocycles. The number of nitrogens with one attached hydrogen (secondary N) is 1. The molecule has 0 spiro atoms. The molecule has 0 amide bonds. The number of nitrogens with zero attached hydrogens (tertiary/aromatic N) is 3. The van der Waals surface area contributed by atoms with Crippen LogP contribution in [0.15, 0.2) is 35.5 Å². The summed E-state index contributed by atoms with van der Waals surface area (Å²) in [5, 5.41) is 3.37. The van der Waals surface area contributed by atoms with Gasteiger partial charge in [0.15, 0.2) is 0 Å². The van der Waals surface area contributed by atoms with E-state index in [1.807, 2.05) is 24.7 Å². The van der Waals surface area contributed by atoms with E-state index in [0.29, 0.717) is 6.04 Å². The van der Waals surface area contributed by atoms with E-state index in [-0.39, 0.29) is 0 Å². The van der Waals surface area contributed by atoms with Crippen molar-refractivity contribution in [1.29, 1.82) is 0 Å². The van der Waals surface area contributed by atoms with Crippen molar-refractivity contribution in [2.24, 2.45) is 0 Å². The molecular formula is C12H13BrN4. The fourth-order valence-corrected chi connectivity index (χ4v) is 2.24. The van der Waals surface area contributed by atoms with Crippen molar-refractivity contribution in [3.05, 3.63) is 41.2 Å². The third kappa shape index (κ3) is 2.34. The Morgan fingerprint density at radius 1 is 1.47 bits per heavy atom. The minimum atomic E-state index is 0.673. The number of hydrogen-bond donors (Lipinski definition) is 1. The van der Waals surface area contributed by atoms with E-state index < -0.39 is 0 Å². The molecule has 0 saturated heterocycles. The maximum Gasteiger partial charge on any atom is 0.129 e. The topological polar surface area (TPSA) is 42.7 Å². The average Bonchev–Trinajstić information content (AvgIpc) is 3.08. The Morgan fingerprint density at radius 3 is 3.12 bits per heavy atom. The van der Waals surface area contributed by atoms with Crippen LogP contribution >= 0.6 is 15.9 Å². The van der Waals surface area contributed by atoms with Gasteiger partial charge < -0.3 is 9.88 Å². The minimum absolute atomic E-state index is 0.673. The zero-order valence-electron chi connectivity index (χ0n) is 9.31. The summed E-state index contributed by atoms with van der Waals surface area (Å²) in [6.07, 6.45) is 8.17. The normalized spacial score (nSPS) is 14.9. The van der Waals surface area contributed by atoms with Crippen molar-refractivity contribution in [3.8, 4) is 0 Å². The van der Waals surface area contributed by atoms with E-state index in [4.69, 9.17) is 0 Å². The standard InChI is InChI=1S/C12H13BrN4/c13-12-11(2-1-5-15-12)16-7-10-6-14-8-17(10)9-3-4-9/h1-2,5-6,8-9,16H,3-4,7H2. The molecule has 1 aliphatic carbocycles. The van der Waals surface area contributed by atoms with Gasteiger partial charge >= 0.3 is 0 Å². The van der Waals surface area contributed by atoms with Gasteiger partial charge in [-0.3, -0.25) is 0 Å². The van der Waals surface area contributed by atoms with E-state index in [0.717, 1.165) is 16.8 Å². The zero-order chi connectivity index (χ0) is 11.7. The van der Waals surface area contributed by atoms with Gasteiger partial charge in [0, 0.05) is 18.4 Å². The van der Waals surface area contributed by atoms with Crippen molar-refractivity contribution in [2.75, 3.05) is 5.32 Å². The van der Waals surface area contributed by atoms with E-state index in [2.05, 4.69) is 35.8 Å². The van der Waals surface area contributed by atoms with Crippen LogP contribution < -0.4 is 5.32 Å². The van der Waals surface area contributed by atoms with Crippen LogP contribution in [0.25, 0.3) is 0 Å². The molecule has 17 heavy (non-hydrogen) atoms. The summed E-state index contributed by atoms with van der Waals surface area (Å²) < 4.78 is 3.11. The zero-order valence-corrected chi connectivity index (χ0v) is 10.9. The van der Waals surface area contributed by atoms with Crippen molar-refractivity contribution in [3.63, 3.8) is 0 Å². The summed E-state index contributed by atoms with van der Waals surface area (Å²) in [4.78, 5) is 8.39. The van der Waals surface area contributed by atoms with Crippen molar-refractivity contribution in [1.82, 2.24) is 14.5 Å². The lowest BCUT2D eigenvalue weighted by Crippen LogP contribution is -2.06. The number of rotatable bonds is 4. The van der Waals surface area contributed by atoms with E-state index in [1.54, 1.807) is 6.20 Å². The maximum atomic E-state index is 4.21. The Bertz CT molecular complexity index is 519. The fourth-order valence-electron chi connectivity index (χ4n) is 1.85. The van der Waals surface area contributed by atoms with Crippen molar-refractivity contribution < 1.29 is 0 Å². The first-order valence-corrected chi connectivity index (χ1v) is 6.49. The number of aromatic nitrogens is 3. The summed E-state index contributed by atoms with van der Waals surface area (Å²) in [6, 6.07) is 4.60. The smallest absolute Gasteiger partial charge is 0.129 e. The Hall–Kier alpha value is -1.36. The van der Waals surface area contributed by atoms with Crippen LogP contribution in [0.5, 0.6) is 0 Å². The van der Waals surface area contributed by atoms with Gasteiger partial charge in [0.1, 0.15) is 4.60 Å². The molecule has 0 bridgehead atoms. The van der Waals surface area contributed by atoms with E-state index >= 15 is 0 Å². The highest BCUT2D eigenvalue weighted by atomic mass is 79.9. The molecule has 2 aromatic heterocycles. The fraction of sp³-hybridized carbons (Fsp3) is 0.333. The second-order valence-corrected chi connectivity index (χ2v) is 4.97. The Kier molecular flexibility index (Phi) is 2.84. The molecular weight excluding hydrogens is 280 g/mol. The van der Waals surface area contributed by atoms with Gasteiger partial charge in [0.2, 0.25) is 0 Å². The van der Waals surface area contributed by atoms with Gasteiger partial charge in [-0.15, -0.1) is 0 Å². The van der Waals surface area contributed by atoms with Gasteiger partial charge in [0.25, 0.3) is 0 Å². The lowest BCUT2D eigenvalue weighted by atomic mass is 10.4. The van der Waals surface area contributed by atoms with Crippen LogP contribution in [0.2, 0.25) is 0 Å². The predicted octanol–water partition coefficient (Wildman–Crippen LogP) is 2.99. The van der Waals surface area contributed by atoms with E-state index in [9.17, 15) is 0 Å². The lowest BCUT2D eigenvalue weighted by molar-refractivity contribution is 0.701. The first-order valence-electron chi connectivity index (χ1n) is 5.69. The third-order valence-corrected chi connectivity index (χ3v) is 3.54. The molecule has 0 atom stereocenters. The van der Waals surface area contributed by atoms with Crippen LogP contribution in [0, 0.1) is 0 Å². The highest BCUT2D eigenvalue weighted by molar-refractivity contribution is 9.10. The molecule has 0 aliphatic heterocycles. The van der Waals surface area contributed by atoms with Crippen molar-refractivity contribution >= 4 is 21.6 Å². The van der Waals surface area contributed by atoms with Crippen LogP contribution in [-0.4, -0.2) is 14.5 Å². The second-order valence-electron chi connectivity index (χ2n) is 4.22. The molecule has 0 radical (unpaired) electrons. The minimum Gasteiger partial charge on any atom is -0.377 e. The Balaban J connectivity index is 1.71. The number of halogens is 1. The predicted molar refractivity (Wildman–Crippen MR) is 69.8 cm³/mol. The molecule has 5 heteroatoms. The SMILES string of the molecule is Brc1ncccc1NCc1cncn1C1CC1. The molecule has 1 fully saturated rings. The molecule has 4 nitrogen and oxygen atoms in total. The van der Waals surface area contributed by atoms with Crippen LogP contribution in [0.4, 0.5) is 5.69 Å². The second kappa shape index (κ2) is 4.49. The third-order valence-electron chi connectivity index (χ3n) is 2.91. The maximum absolute atomic E-state index is 4.21. The summed E-state index contributed by atoms with van der Waals surface area (Å²) in [5.41, 5.74) is 2.24. The first kappa shape index (κ1) is 10.8. The van der Waals surface area contributed by atoms with Gasteiger partial charge in [0.05, 0.1) is 24.3 Å². The van der Waals surface area contributed by atoms with Crippen LogP contribution in [0.3, 0.4) is 0 Å². The quantitative estimate of drug-likeness (QED) is 0.881. The van der Waals surface area contributed by atoms with Crippen LogP contribution in [0.1, 0.15) is 24.6 Å². The van der Waals surface area contributed by atoms with Gasteiger partial charge in [-0.1, -0.05) is 0 Å². The van der Waals surface area contributed by atoms with Crippen molar-refractivity contribution in [2.45, 2.75) is 25.4 Å². The monoisotopic (exact) mass is 292 g/mol. The van der Waals surface area contributed by atoms with Gasteiger partial charge in [-0.2, -0.15) is 0 Å². The van der Waals surface area contributed by atoms with Gasteiger partial charge in [-0.05, 0) is 40.9 Å². The molecule has 88 valence electrons. The first-order chi connectivity index (χ1) is 8.34. The molecule has 1 saturated carbocycles. The molecule has 1 N–H and O–H groups in total. The summed E-state index contributed by atoms with van der Waals surface area (Å²) >= 11 is 3.42. The lowest BCUT2D eigenvalue weighted by Gasteiger charge is -2.09. The highest BCUT2D eigenvalue weighted by Crippen LogP contribution is 2.35. The van der Waals surface area contributed by atoms with Gasteiger partial charge in [-0.25, -0.2) is 9.97 Å². The Labute approximate surface area is 108 Å². The summed E-state index contributed by atoms with van der Waals surface area (Å²) in [7, 11) is 0. The molecule has 2 aromatic rings.